The number of anilines is 1. The van der Waals surface area contributed by atoms with Crippen molar-refractivity contribution in [2.24, 2.45) is 23.7 Å². The molecule has 0 radical (unpaired) electrons. The van der Waals surface area contributed by atoms with Crippen molar-refractivity contribution in [3.8, 4) is 0 Å². The predicted octanol–water partition coefficient (Wildman–Crippen LogP) is 3.36. The van der Waals surface area contributed by atoms with E-state index in [0.717, 1.165) is 11.3 Å². The van der Waals surface area contributed by atoms with E-state index in [1.807, 2.05) is 0 Å². The lowest BCUT2D eigenvalue weighted by molar-refractivity contribution is -0.154. The number of likely N-dealkylation sites (tertiary alicyclic amines) is 1. The van der Waals surface area contributed by atoms with E-state index in [1.165, 1.54) is 0 Å². The first-order chi connectivity index (χ1) is 14.2. The first kappa shape index (κ1) is 22.2. The Bertz CT molecular complexity index is 913. The monoisotopic (exact) mass is 624 g/mol. The predicted molar refractivity (Wildman–Crippen MR) is 119 cm³/mol. The van der Waals surface area contributed by atoms with E-state index < -0.39 is 25.0 Å². The maximum atomic E-state index is 12.8. The second-order valence-corrected chi connectivity index (χ2v) is 11.0. The van der Waals surface area contributed by atoms with Gasteiger partial charge >= 0.3 is 5.97 Å². The van der Waals surface area contributed by atoms with Crippen LogP contribution in [-0.2, 0) is 23.9 Å². The Morgan fingerprint density at radius 1 is 1.13 bits per heavy atom. The van der Waals surface area contributed by atoms with Gasteiger partial charge in [0.25, 0.3) is 5.91 Å². The number of carbonyl (C=O) groups excluding carboxylic acids is 4. The van der Waals surface area contributed by atoms with Crippen LogP contribution in [0.2, 0.25) is 5.02 Å². The number of nitrogens with one attached hydrogen (secondary N) is 1. The van der Waals surface area contributed by atoms with Crippen molar-refractivity contribution in [3.05, 3.63) is 27.7 Å². The van der Waals surface area contributed by atoms with Crippen LogP contribution < -0.4 is 5.32 Å². The number of halogens is 4. The second-order valence-electron chi connectivity index (χ2n) is 7.60. The fraction of sp³-hybridized carbons (Fsp3) is 0.474. The fourth-order valence-corrected chi connectivity index (χ4v) is 6.96. The van der Waals surface area contributed by atoms with Crippen LogP contribution in [0.3, 0.4) is 0 Å². The Morgan fingerprint density at radius 3 is 2.30 bits per heavy atom. The molecule has 2 bridgehead atoms. The quantitative estimate of drug-likeness (QED) is 0.307. The molecule has 2 aliphatic carbocycles. The van der Waals surface area contributed by atoms with Gasteiger partial charge in [-0.2, -0.15) is 0 Å². The van der Waals surface area contributed by atoms with Crippen LogP contribution in [0.15, 0.2) is 22.7 Å². The molecule has 0 unspecified atom stereocenters. The molecule has 3 fully saturated rings. The largest absolute Gasteiger partial charge is 0.454 e. The number of rotatable bonds is 5. The highest BCUT2D eigenvalue weighted by molar-refractivity contribution is 9.12. The van der Waals surface area contributed by atoms with E-state index in [-0.39, 0.29) is 45.1 Å². The highest BCUT2D eigenvalue weighted by Crippen LogP contribution is 2.60. The first-order valence-electron chi connectivity index (χ1n) is 9.23. The number of hydrogen-bond donors (Lipinski definition) is 1. The average Bonchev–Trinajstić information content (AvgIpc) is 3.30. The summed E-state index contributed by atoms with van der Waals surface area (Å²) in [5.41, 5.74) is 0.450. The average molecular weight is 628 g/mol. The minimum atomic E-state index is -0.807. The van der Waals surface area contributed by atoms with Crippen molar-refractivity contribution in [2.45, 2.75) is 16.1 Å². The normalized spacial score (nSPS) is 31.8. The minimum Gasteiger partial charge on any atom is -0.454 e. The molecule has 7 nitrogen and oxygen atoms in total. The summed E-state index contributed by atoms with van der Waals surface area (Å²) in [6.07, 6.45) is 0.817. The van der Waals surface area contributed by atoms with E-state index in [9.17, 15) is 19.2 Å². The molecule has 3 amide bonds. The van der Waals surface area contributed by atoms with Gasteiger partial charge in [0.1, 0.15) is 6.54 Å². The van der Waals surface area contributed by atoms with Crippen LogP contribution in [0.5, 0.6) is 0 Å². The zero-order chi connectivity index (χ0) is 21.7. The van der Waals surface area contributed by atoms with Crippen LogP contribution >= 0.6 is 59.4 Å². The minimum absolute atomic E-state index is 0.0744. The number of benzene rings is 1. The van der Waals surface area contributed by atoms with Gasteiger partial charge in [0.15, 0.2) is 6.61 Å². The first-order valence-corrected chi connectivity index (χ1v) is 12.2. The zero-order valence-corrected chi connectivity index (χ0v) is 20.8. The summed E-state index contributed by atoms with van der Waals surface area (Å²) < 4.78 is 5.65. The molecule has 1 N–H and O–H groups in total. The van der Waals surface area contributed by atoms with E-state index in [4.69, 9.17) is 16.3 Å². The molecule has 0 aromatic heterocycles. The van der Waals surface area contributed by atoms with Gasteiger partial charge in [-0.3, -0.25) is 24.1 Å². The Hall–Kier alpha value is -0.970. The summed E-state index contributed by atoms with van der Waals surface area (Å²) in [5.74, 6) is -2.65. The van der Waals surface area contributed by atoms with Gasteiger partial charge in [-0.25, -0.2) is 0 Å². The topological polar surface area (TPSA) is 92.8 Å². The lowest BCUT2D eigenvalue weighted by Crippen LogP contribution is -2.38. The van der Waals surface area contributed by atoms with E-state index in [0.29, 0.717) is 15.2 Å². The van der Waals surface area contributed by atoms with Crippen LogP contribution in [-0.4, -0.2) is 51.4 Å². The number of carbonyl (C=O) groups is 4. The van der Waals surface area contributed by atoms with Gasteiger partial charge in [0.05, 0.1) is 16.9 Å². The standard InChI is InChI=1S/C19H16Br3ClN2O5/c20-10-2-1-7(3-11(10)23)24-12(26)6-30-13(27)5-25-18(28)14-8-4-9(15(14)19(25)29)17(22)16(8)21/h1-3,8-9,14-17H,4-6H2,(H,24,26)/t8-,9-,14-,15-,16-,17+/m1/s1. The maximum absolute atomic E-state index is 12.8. The molecule has 1 heterocycles. The number of amides is 3. The highest BCUT2D eigenvalue weighted by Gasteiger charge is 2.66. The highest BCUT2D eigenvalue weighted by atomic mass is 79.9. The second kappa shape index (κ2) is 8.52. The van der Waals surface area contributed by atoms with Gasteiger partial charge < -0.3 is 10.1 Å². The lowest BCUT2D eigenvalue weighted by atomic mass is 9.81. The number of imide groups is 1. The summed E-state index contributed by atoms with van der Waals surface area (Å²) >= 11 is 16.5. The maximum Gasteiger partial charge on any atom is 0.326 e. The van der Waals surface area contributed by atoms with E-state index >= 15 is 0 Å². The molecule has 1 aromatic rings. The molecule has 1 saturated heterocycles. The lowest BCUT2D eigenvalue weighted by Gasteiger charge is -2.28. The molecule has 11 heteroatoms. The van der Waals surface area contributed by atoms with Crippen LogP contribution in [0.4, 0.5) is 5.69 Å². The molecule has 6 atom stereocenters. The zero-order valence-electron chi connectivity index (χ0n) is 15.3. The molecule has 3 aliphatic rings. The van der Waals surface area contributed by atoms with Gasteiger partial charge in [0.2, 0.25) is 11.8 Å². The van der Waals surface area contributed by atoms with Crippen LogP contribution in [0.1, 0.15) is 6.42 Å². The van der Waals surface area contributed by atoms with Crippen molar-refractivity contribution in [3.63, 3.8) is 0 Å². The molecule has 0 spiro atoms. The smallest absolute Gasteiger partial charge is 0.326 e. The van der Waals surface area contributed by atoms with Gasteiger partial charge in [-0.15, -0.1) is 0 Å². The number of fused-ring (bicyclic) bond motifs is 5. The van der Waals surface area contributed by atoms with Gasteiger partial charge in [-0.05, 0) is 52.4 Å². The molecule has 30 heavy (non-hydrogen) atoms. The van der Waals surface area contributed by atoms with Crippen molar-refractivity contribution in [1.82, 2.24) is 4.90 Å². The van der Waals surface area contributed by atoms with Crippen LogP contribution in [0.25, 0.3) is 0 Å². The number of nitrogens with zero attached hydrogens (tertiary/aromatic N) is 1. The third-order valence-electron chi connectivity index (χ3n) is 5.93. The molecule has 1 aliphatic heterocycles. The number of hydrogen-bond acceptors (Lipinski definition) is 5. The molecule has 1 aromatic carbocycles. The van der Waals surface area contributed by atoms with Gasteiger partial charge in [-0.1, -0.05) is 43.5 Å². The third-order valence-corrected chi connectivity index (χ3v) is 10.4. The van der Waals surface area contributed by atoms with Crippen molar-refractivity contribution in [1.29, 1.82) is 0 Å². The van der Waals surface area contributed by atoms with E-state index in [2.05, 4.69) is 53.1 Å². The summed E-state index contributed by atoms with van der Waals surface area (Å²) in [4.78, 5) is 51.0. The molecule has 160 valence electrons. The summed E-state index contributed by atoms with van der Waals surface area (Å²) in [6, 6.07) is 4.86. The third kappa shape index (κ3) is 3.84. The van der Waals surface area contributed by atoms with Gasteiger partial charge in [0, 0.05) is 19.8 Å². The molecular formula is C19H16Br3ClN2O5. The summed E-state index contributed by atoms with van der Waals surface area (Å²) in [5, 5.41) is 2.98. The Balaban J connectivity index is 1.31. The molecule has 4 rings (SSSR count). The summed E-state index contributed by atoms with van der Waals surface area (Å²) in [7, 11) is 0. The van der Waals surface area contributed by atoms with E-state index in [1.54, 1.807) is 18.2 Å². The SMILES string of the molecule is O=C(COC(=O)CN1C(=O)[C@@H]2[C@H]3C[C@@H]([C@@H](Br)[C@H]3Br)[C@H]2C1=O)Nc1ccc(Br)c(Cl)c1. The summed E-state index contributed by atoms with van der Waals surface area (Å²) in [6.45, 7) is -1.02. The fourth-order valence-electron chi connectivity index (χ4n) is 4.66. The molecule has 2 saturated carbocycles. The van der Waals surface area contributed by atoms with Crippen LogP contribution in [0, 0.1) is 23.7 Å². The number of alkyl halides is 2. The van der Waals surface area contributed by atoms with Crippen molar-refractivity contribution in [2.75, 3.05) is 18.5 Å². The van der Waals surface area contributed by atoms with Crippen molar-refractivity contribution < 1.29 is 23.9 Å². The number of esters is 1. The Morgan fingerprint density at radius 2 is 1.73 bits per heavy atom. The van der Waals surface area contributed by atoms with Crippen molar-refractivity contribution >= 4 is 88.8 Å². The Labute approximate surface area is 202 Å². The Kier molecular flexibility index (Phi) is 6.31. The number of ether oxygens (including phenoxy) is 1. The molecular weight excluding hydrogens is 611 g/mol.